The first kappa shape index (κ1) is 28.9. The van der Waals surface area contributed by atoms with Gasteiger partial charge in [0.25, 0.3) is 0 Å². The zero-order chi connectivity index (χ0) is 26.3. The number of nitrogens with zero attached hydrogens (tertiary/aromatic N) is 1. The first-order valence-corrected chi connectivity index (χ1v) is 14.2. The van der Waals surface area contributed by atoms with E-state index >= 15 is 0 Å². The van der Waals surface area contributed by atoms with Gasteiger partial charge in [0.15, 0.2) is 11.5 Å². The molecule has 0 bridgehead atoms. The zero-order valence-corrected chi connectivity index (χ0v) is 22.8. The number of fused-ring (bicyclic) bond motifs is 1. The largest absolute Gasteiger partial charge is 0.481 e. The number of carboxylic acids is 1. The van der Waals surface area contributed by atoms with E-state index in [1.165, 1.54) is 77.7 Å². The van der Waals surface area contributed by atoms with Crippen LogP contribution < -0.4 is 10.2 Å². The lowest BCUT2D eigenvalue weighted by molar-refractivity contribution is -0.906. The van der Waals surface area contributed by atoms with E-state index in [2.05, 4.69) is 17.2 Å². The SMILES string of the molecule is C1CCNCC1.CC(C(=O)O)c1ccccc1.CCC1CC[NH+](CCCc2nc3ccccc3o2)CC1. The van der Waals surface area contributed by atoms with Gasteiger partial charge in [0.1, 0.15) is 5.52 Å². The Morgan fingerprint density at radius 3 is 2.30 bits per heavy atom. The lowest BCUT2D eigenvalue weighted by Gasteiger charge is -2.28. The van der Waals surface area contributed by atoms with E-state index in [1.807, 2.05) is 54.6 Å². The number of hydrogen-bond acceptors (Lipinski definition) is 4. The van der Waals surface area contributed by atoms with Gasteiger partial charge in [-0.1, -0.05) is 62.2 Å². The summed E-state index contributed by atoms with van der Waals surface area (Å²) in [7, 11) is 0. The topological polar surface area (TPSA) is 79.8 Å². The molecular weight excluding hydrogens is 462 g/mol. The second-order valence-electron chi connectivity index (χ2n) is 10.3. The minimum atomic E-state index is -0.781. The molecule has 1 unspecified atom stereocenters. The van der Waals surface area contributed by atoms with Gasteiger partial charge in [-0.3, -0.25) is 4.79 Å². The van der Waals surface area contributed by atoms with Crippen molar-refractivity contribution in [3.63, 3.8) is 0 Å². The van der Waals surface area contributed by atoms with Crippen molar-refractivity contribution in [2.45, 2.75) is 71.1 Å². The highest BCUT2D eigenvalue weighted by Gasteiger charge is 2.20. The molecule has 0 saturated carbocycles. The molecule has 3 heterocycles. The molecule has 0 spiro atoms. The van der Waals surface area contributed by atoms with Gasteiger partial charge in [-0.25, -0.2) is 4.98 Å². The van der Waals surface area contributed by atoms with Crippen molar-refractivity contribution < 1.29 is 19.2 Å². The van der Waals surface area contributed by atoms with E-state index in [4.69, 9.17) is 9.52 Å². The maximum Gasteiger partial charge on any atom is 0.310 e. The number of benzene rings is 2. The molecule has 2 saturated heterocycles. The molecule has 0 aliphatic carbocycles. The smallest absolute Gasteiger partial charge is 0.310 e. The number of quaternary nitrogens is 1. The summed E-state index contributed by atoms with van der Waals surface area (Å²) in [5, 5.41) is 11.9. The number of aliphatic carboxylic acids is 1. The molecule has 3 N–H and O–H groups in total. The van der Waals surface area contributed by atoms with Gasteiger partial charge < -0.3 is 19.7 Å². The lowest BCUT2D eigenvalue weighted by Crippen LogP contribution is -3.13. The minimum absolute atomic E-state index is 0.406. The molecule has 2 fully saturated rings. The third kappa shape index (κ3) is 10.3. The van der Waals surface area contributed by atoms with E-state index in [0.717, 1.165) is 34.9 Å². The molecule has 6 heteroatoms. The van der Waals surface area contributed by atoms with Crippen LogP contribution in [0.5, 0.6) is 0 Å². The molecule has 2 aliphatic rings. The van der Waals surface area contributed by atoms with Crippen molar-refractivity contribution in [3.8, 4) is 0 Å². The zero-order valence-electron chi connectivity index (χ0n) is 22.8. The summed E-state index contributed by atoms with van der Waals surface area (Å²) in [4.78, 5) is 16.8. The quantitative estimate of drug-likeness (QED) is 0.414. The molecule has 1 aromatic heterocycles. The highest BCUT2D eigenvalue weighted by atomic mass is 16.4. The summed E-state index contributed by atoms with van der Waals surface area (Å²) in [5.41, 5.74) is 2.75. The van der Waals surface area contributed by atoms with Crippen LogP contribution in [0.3, 0.4) is 0 Å². The highest BCUT2D eigenvalue weighted by Crippen LogP contribution is 2.16. The molecule has 3 aromatic rings. The Kier molecular flexibility index (Phi) is 12.6. The number of carbonyl (C=O) groups is 1. The number of carboxylic acid groups (broad SMARTS) is 1. The minimum Gasteiger partial charge on any atom is -0.481 e. The fourth-order valence-corrected chi connectivity index (χ4v) is 4.95. The fraction of sp³-hybridized carbons (Fsp3) is 0.548. The van der Waals surface area contributed by atoms with Crippen LogP contribution in [-0.2, 0) is 11.2 Å². The molecule has 6 nitrogen and oxygen atoms in total. The number of piperidine rings is 2. The van der Waals surface area contributed by atoms with Crippen molar-refractivity contribution in [2.75, 3.05) is 32.7 Å². The van der Waals surface area contributed by atoms with E-state index < -0.39 is 11.9 Å². The average Bonchev–Trinajstić information content (AvgIpc) is 3.38. The average molecular weight is 509 g/mol. The third-order valence-electron chi connectivity index (χ3n) is 7.53. The molecule has 37 heavy (non-hydrogen) atoms. The van der Waals surface area contributed by atoms with Gasteiger partial charge >= 0.3 is 5.97 Å². The van der Waals surface area contributed by atoms with E-state index in [-0.39, 0.29) is 0 Å². The summed E-state index contributed by atoms with van der Waals surface area (Å²) < 4.78 is 5.77. The van der Waals surface area contributed by atoms with E-state index in [9.17, 15) is 4.79 Å². The van der Waals surface area contributed by atoms with Crippen molar-refractivity contribution >= 4 is 17.1 Å². The van der Waals surface area contributed by atoms with Gasteiger partial charge in [0.2, 0.25) is 0 Å². The van der Waals surface area contributed by atoms with Gasteiger partial charge in [-0.2, -0.15) is 0 Å². The second-order valence-corrected chi connectivity index (χ2v) is 10.3. The number of rotatable bonds is 7. The predicted molar refractivity (Wildman–Crippen MR) is 150 cm³/mol. The van der Waals surface area contributed by atoms with Crippen LogP contribution in [0.25, 0.3) is 11.1 Å². The highest BCUT2D eigenvalue weighted by molar-refractivity contribution is 5.75. The Morgan fingerprint density at radius 2 is 1.73 bits per heavy atom. The van der Waals surface area contributed by atoms with Crippen molar-refractivity contribution in [1.29, 1.82) is 0 Å². The van der Waals surface area contributed by atoms with Crippen LogP contribution in [0.4, 0.5) is 0 Å². The Labute approximate surface area is 222 Å². The summed E-state index contributed by atoms with van der Waals surface area (Å²) in [6, 6.07) is 17.2. The summed E-state index contributed by atoms with van der Waals surface area (Å²) in [5.74, 6) is 0.692. The second kappa shape index (κ2) is 16.2. The number of aromatic nitrogens is 1. The summed E-state index contributed by atoms with van der Waals surface area (Å²) in [6.45, 7) is 10.5. The molecule has 202 valence electrons. The molecule has 2 aromatic carbocycles. The van der Waals surface area contributed by atoms with Gasteiger partial charge in [0.05, 0.1) is 25.6 Å². The van der Waals surface area contributed by atoms with Crippen molar-refractivity contribution in [2.24, 2.45) is 5.92 Å². The molecular formula is C31H46N3O3+. The van der Waals surface area contributed by atoms with Gasteiger partial charge in [-0.05, 0) is 69.3 Å². The Morgan fingerprint density at radius 1 is 1.05 bits per heavy atom. The first-order chi connectivity index (χ1) is 18.1. The number of nitrogens with one attached hydrogen (secondary N) is 2. The number of oxazole rings is 1. The Bertz CT molecular complexity index is 980. The van der Waals surface area contributed by atoms with Crippen molar-refractivity contribution in [3.05, 3.63) is 66.1 Å². The fourth-order valence-electron chi connectivity index (χ4n) is 4.95. The summed E-state index contributed by atoms with van der Waals surface area (Å²) >= 11 is 0. The van der Waals surface area contributed by atoms with Crippen LogP contribution in [-0.4, -0.2) is 48.8 Å². The summed E-state index contributed by atoms with van der Waals surface area (Å²) in [6.07, 6.45) is 10.5. The molecule has 5 rings (SSSR count). The molecule has 1 atom stereocenters. The molecule has 0 amide bonds. The number of hydrogen-bond donors (Lipinski definition) is 3. The van der Waals surface area contributed by atoms with Crippen LogP contribution >= 0.6 is 0 Å². The molecule has 0 radical (unpaired) electrons. The monoisotopic (exact) mass is 508 g/mol. The number of para-hydroxylation sites is 2. The third-order valence-corrected chi connectivity index (χ3v) is 7.53. The normalized spacial score (nSPS) is 20.2. The van der Waals surface area contributed by atoms with Crippen LogP contribution in [0.1, 0.15) is 76.2 Å². The van der Waals surface area contributed by atoms with Crippen molar-refractivity contribution in [1.82, 2.24) is 10.3 Å². The van der Waals surface area contributed by atoms with Crippen LogP contribution in [0.15, 0.2) is 59.0 Å². The van der Waals surface area contributed by atoms with Gasteiger partial charge in [0, 0.05) is 12.8 Å². The van der Waals surface area contributed by atoms with Crippen LogP contribution in [0, 0.1) is 5.92 Å². The maximum atomic E-state index is 10.5. The Hall–Kier alpha value is -2.70. The standard InChI is InChI=1S/C17H24N2O.C9H10O2.C5H11N/c1-2-14-9-12-19(13-10-14)11-5-8-17-18-15-6-3-4-7-16(15)20-17;1-7(9(10)11)8-5-3-2-4-6-8;1-2-4-6-5-3-1/h3-4,6-7,14H,2,5,8-13H2,1H3;2-7H,1H3,(H,10,11);6H,1-5H2/p+1. The first-order valence-electron chi connectivity index (χ1n) is 14.2. The molecule has 2 aliphatic heterocycles. The number of aryl methyl sites for hydroxylation is 1. The predicted octanol–water partition coefficient (Wildman–Crippen LogP) is 5.10. The van der Waals surface area contributed by atoms with Crippen LogP contribution in [0.2, 0.25) is 0 Å². The van der Waals surface area contributed by atoms with E-state index in [0.29, 0.717) is 0 Å². The lowest BCUT2D eigenvalue weighted by atomic mass is 9.94. The van der Waals surface area contributed by atoms with E-state index in [1.54, 1.807) is 11.8 Å². The van der Waals surface area contributed by atoms with Gasteiger partial charge in [-0.15, -0.1) is 0 Å². The number of likely N-dealkylation sites (tertiary alicyclic amines) is 1. The maximum absolute atomic E-state index is 10.5. The Balaban J connectivity index is 0.000000186.